The lowest BCUT2D eigenvalue weighted by Crippen LogP contribution is -2.43. The highest BCUT2D eigenvalue weighted by atomic mass is 127. The molecule has 0 spiro atoms. The van der Waals surface area contributed by atoms with Crippen LogP contribution in [0.2, 0.25) is 0 Å². The number of benzene rings is 1. The third-order valence-electron chi connectivity index (χ3n) is 3.25. The number of alkyl halides is 1. The van der Waals surface area contributed by atoms with Crippen LogP contribution in [0.3, 0.4) is 0 Å². The summed E-state index contributed by atoms with van der Waals surface area (Å²) >= 11 is 9.31. The molecule has 2 nitrogen and oxygen atoms in total. The second-order valence-corrected chi connectivity index (χ2v) is 7.91. The van der Waals surface area contributed by atoms with Gasteiger partial charge in [-0.05, 0) is 53.1 Å². The van der Waals surface area contributed by atoms with Crippen molar-refractivity contribution in [1.29, 1.82) is 0 Å². The van der Waals surface area contributed by atoms with E-state index in [-0.39, 0.29) is 5.91 Å². The van der Waals surface area contributed by atoms with Crippen molar-refractivity contribution in [2.45, 2.75) is 18.2 Å². The molecule has 1 aliphatic rings. The number of halogens is 3. The molecule has 18 heavy (non-hydrogen) atoms. The highest BCUT2D eigenvalue weighted by molar-refractivity contribution is 14.1. The van der Waals surface area contributed by atoms with Crippen molar-refractivity contribution in [3.8, 4) is 0 Å². The Hall–Kier alpha value is 0.380. The maximum absolute atomic E-state index is 12.5. The molecule has 1 aromatic rings. The fourth-order valence-corrected chi connectivity index (χ4v) is 3.43. The largest absolute Gasteiger partial charge is 0.338 e. The first-order valence-electron chi connectivity index (χ1n) is 5.87. The van der Waals surface area contributed by atoms with Crippen LogP contribution in [0.1, 0.15) is 23.7 Å². The number of piperidine rings is 1. The van der Waals surface area contributed by atoms with Crippen molar-refractivity contribution in [3.63, 3.8) is 0 Å². The first kappa shape index (κ1) is 14.8. The predicted octanol–water partition coefficient (Wildman–Crippen LogP) is 4.30. The molecule has 1 aliphatic heterocycles. The average Bonchev–Trinajstić information content (AvgIpc) is 2.35. The molecule has 1 fully saturated rings. The number of nitrogens with zero attached hydrogens (tertiary/aromatic N) is 1. The molecule has 0 N–H and O–H groups in total. The Bertz CT molecular complexity index is 466. The standard InChI is InChI=1S/C13H14Br2INO/c1-8-7-17(5-4-11(8)15)13(18)10-6-9(14)2-3-12(10)16/h2-3,6,8,11H,4-5,7H2,1H3. The zero-order valence-electron chi connectivity index (χ0n) is 10.00. The van der Waals surface area contributed by atoms with Gasteiger partial charge in [0.05, 0.1) is 5.56 Å². The number of carbonyl (C=O) groups is 1. The zero-order chi connectivity index (χ0) is 13.3. The lowest BCUT2D eigenvalue weighted by Gasteiger charge is -2.34. The Morgan fingerprint density at radius 3 is 2.89 bits per heavy atom. The predicted molar refractivity (Wildman–Crippen MR) is 89.3 cm³/mol. The topological polar surface area (TPSA) is 20.3 Å². The van der Waals surface area contributed by atoms with Gasteiger partial charge in [-0.15, -0.1) is 0 Å². The van der Waals surface area contributed by atoms with Crippen LogP contribution in [0.5, 0.6) is 0 Å². The van der Waals surface area contributed by atoms with Crippen LogP contribution in [-0.2, 0) is 0 Å². The minimum absolute atomic E-state index is 0.145. The van der Waals surface area contributed by atoms with Crippen LogP contribution in [0, 0.1) is 9.49 Å². The van der Waals surface area contributed by atoms with Crippen LogP contribution in [-0.4, -0.2) is 28.7 Å². The molecule has 5 heteroatoms. The molecule has 0 radical (unpaired) electrons. The Morgan fingerprint density at radius 1 is 1.50 bits per heavy atom. The van der Waals surface area contributed by atoms with E-state index in [1.807, 2.05) is 23.1 Å². The minimum Gasteiger partial charge on any atom is -0.338 e. The van der Waals surface area contributed by atoms with Crippen LogP contribution in [0.15, 0.2) is 22.7 Å². The molecule has 0 aliphatic carbocycles. The lowest BCUT2D eigenvalue weighted by atomic mass is 9.99. The Balaban J connectivity index is 2.19. The second-order valence-electron chi connectivity index (χ2n) is 4.66. The van der Waals surface area contributed by atoms with Crippen molar-refractivity contribution in [3.05, 3.63) is 31.8 Å². The molecule has 0 bridgehead atoms. The van der Waals surface area contributed by atoms with Gasteiger partial charge in [-0.3, -0.25) is 4.79 Å². The minimum atomic E-state index is 0.145. The molecule has 2 atom stereocenters. The molecule has 1 aromatic carbocycles. The van der Waals surface area contributed by atoms with Gasteiger partial charge in [-0.1, -0.05) is 38.8 Å². The normalized spacial score (nSPS) is 24.1. The van der Waals surface area contributed by atoms with Crippen LogP contribution in [0.4, 0.5) is 0 Å². The van der Waals surface area contributed by atoms with E-state index in [1.165, 1.54) is 0 Å². The van der Waals surface area contributed by atoms with E-state index in [0.29, 0.717) is 10.7 Å². The number of carbonyl (C=O) groups excluding carboxylic acids is 1. The number of likely N-dealkylation sites (tertiary alicyclic amines) is 1. The summed E-state index contributed by atoms with van der Waals surface area (Å²) in [6.07, 6.45) is 1.03. The van der Waals surface area contributed by atoms with Crippen molar-refractivity contribution in [1.82, 2.24) is 4.90 Å². The van der Waals surface area contributed by atoms with Crippen molar-refractivity contribution in [2.24, 2.45) is 5.92 Å². The summed E-state index contributed by atoms with van der Waals surface area (Å²) in [6.45, 7) is 3.85. The summed E-state index contributed by atoms with van der Waals surface area (Å²) in [5, 5.41) is 0. The zero-order valence-corrected chi connectivity index (χ0v) is 15.3. The second kappa shape index (κ2) is 6.22. The van der Waals surface area contributed by atoms with Gasteiger partial charge in [0.15, 0.2) is 0 Å². The Labute approximate surface area is 138 Å². The summed E-state index contributed by atoms with van der Waals surface area (Å²) < 4.78 is 1.96. The summed E-state index contributed by atoms with van der Waals surface area (Å²) in [4.78, 5) is 15.0. The quantitative estimate of drug-likeness (QED) is 0.428. The van der Waals surface area contributed by atoms with Gasteiger partial charge >= 0.3 is 0 Å². The van der Waals surface area contributed by atoms with E-state index in [9.17, 15) is 4.79 Å². The lowest BCUT2D eigenvalue weighted by molar-refractivity contribution is 0.0689. The van der Waals surface area contributed by atoms with Crippen molar-refractivity contribution in [2.75, 3.05) is 13.1 Å². The summed E-state index contributed by atoms with van der Waals surface area (Å²) in [5.41, 5.74) is 0.796. The summed E-state index contributed by atoms with van der Waals surface area (Å²) in [7, 11) is 0. The molecule has 0 saturated carbocycles. The third-order valence-corrected chi connectivity index (χ3v) is 6.04. The molecular formula is C13H14Br2INO. The molecule has 1 saturated heterocycles. The Kier molecular flexibility index (Phi) is 5.11. The van der Waals surface area contributed by atoms with Gasteiger partial charge in [-0.2, -0.15) is 0 Å². The Morgan fingerprint density at radius 2 is 2.22 bits per heavy atom. The number of hydrogen-bond acceptors (Lipinski definition) is 1. The summed E-state index contributed by atoms with van der Waals surface area (Å²) in [6, 6.07) is 5.85. The van der Waals surface area contributed by atoms with E-state index in [4.69, 9.17) is 0 Å². The molecule has 1 heterocycles. The molecule has 2 rings (SSSR count). The number of hydrogen-bond donors (Lipinski definition) is 0. The van der Waals surface area contributed by atoms with Gasteiger partial charge in [-0.25, -0.2) is 0 Å². The highest BCUT2D eigenvalue weighted by Crippen LogP contribution is 2.26. The van der Waals surface area contributed by atoms with Gasteiger partial charge < -0.3 is 4.90 Å². The van der Waals surface area contributed by atoms with E-state index in [2.05, 4.69) is 61.4 Å². The first-order valence-corrected chi connectivity index (χ1v) is 8.66. The molecule has 1 amide bonds. The maximum atomic E-state index is 12.5. The first-order chi connectivity index (χ1) is 8.49. The van der Waals surface area contributed by atoms with E-state index >= 15 is 0 Å². The molecule has 98 valence electrons. The van der Waals surface area contributed by atoms with Crippen LogP contribution >= 0.6 is 54.5 Å². The van der Waals surface area contributed by atoms with E-state index < -0.39 is 0 Å². The van der Waals surface area contributed by atoms with E-state index in [1.54, 1.807) is 0 Å². The fourth-order valence-electron chi connectivity index (χ4n) is 2.13. The van der Waals surface area contributed by atoms with Crippen molar-refractivity contribution < 1.29 is 4.79 Å². The molecular weight excluding hydrogens is 473 g/mol. The molecule has 2 unspecified atom stereocenters. The van der Waals surface area contributed by atoms with Crippen LogP contribution in [0.25, 0.3) is 0 Å². The average molecular weight is 487 g/mol. The number of amides is 1. The fraction of sp³-hybridized carbons (Fsp3) is 0.462. The van der Waals surface area contributed by atoms with Gasteiger partial charge in [0.1, 0.15) is 0 Å². The molecule has 0 aromatic heterocycles. The van der Waals surface area contributed by atoms with E-state index in [0.717, 1.165) is 33.1 Å². The SMILES string of the molecule is CC1CN(C(=O)c2cc(Br)ccc2I)CCC1Br. The van der Waals surface area contributed by atoms with Gasteiger partial charge in [0.2, 0.25) is 0 Å². The van der Waals surface area contributed by atoms with Crippen LogP contribution < -0.4 is 0 Å². The number of rotatable bonds is 1. The monoisotopic (exact) mass is 485 g/mol. The summed E-state index contributed by atoms with van der Waals surface area (Å²) in [5.74, 6) is 0.652. The van der Waals surface area contributed by atoms with Crippen molar-refractivity contribution >= 4 is 60.4 Å². The maximum Gasteiger partial charge on any atom is 0.254 e. The van der Waals surface area contributed by atoms with Gasteiger partial charge in [0.25, 0.3) is 5.91 Å². The highest BCUT2D eigenvalue weighted by Gasteiger charge is 2.28. The third kappa shape index (κ3) is 3.28. The smallest absolute Gasteiger partial charge is 0.254 e. The van der Waals surface area contributed by atoms with Gasteiger partial charge in [0, 0.05) is 26.0 Å².